The summed E-state index contributed by atoms with van der Waals surface area (Å²) in [7, 11) is 1.63. The second-order valence-electron chi connectivity index (χ2n) is 5.86. The van der Waals surface area contributed by atoms with Gasteiger partial charge in [0.25, 0.3) is 0 Å². The van der Waals surface area contributed by atoms with Crippen molar-refractivity contribution in [1.82, 2.24) is 9.55 Å². The molecule has 0 saturated heterocycles. The lowest BCUT2D eigenvalue weighted by Gasteiger charge is -2.08. The lowest BCUT2D eigenvalue weighted by molar-refractivity contribution is -0.116. The number of rotatable bonds is 7. The molecule has 1 aromatic carbocycles. The first kappa shape index (κ1) is 18.9. The van der Waals surface area contributed by atoms with Crippen molar-refractivity contribution in [2.75, 3.05) is 19.0 Å². The number of nitrogens with zero attached hydrogens (tertiary/aromatic N) is 2. The Morgan fingerprint density at radius 3 is 2.85 bits per heavy atom. The topological polar surface area (TPSA) is 82.5 Å². The van der Waals surface area contributed by atoms with Crippen molar-refractivity contribution in [2.24, 2.45) is 0 Å². The van der Waals surface area contributed by atoms with Gasteiger partial charge in [0.05, 0.1) is 24.9 Å². The van der Waals surface area contributed by atoms with Crippen LogP contribution in [0.4, 0.5) is 5.13 Å². The summed E-state index contributed by atoms with van der Waals surface area (Å²) in [4.78, 5) is 28.8. The molecular weight excluding hydrogens is 366 g/mol. The molecule has 3 aromatic rings. The van der Waals surface area contributed by atoms with Crippen LogP contribution in [0.1, 0.15) is 28.7 Å². The average molecular weight is 387 g/mol. The second-order valence-corrected chi connectivity index (χ2v) is 6.86. The molecule has 0 aliphatic carbocycles. The molecule has 7 nitrogen and oxygen atoms in total. The van der Waals surface area contributed by atoms with Crippen molar-refractivity contribution < 1.29 is 19.1 Å². The van der Waals surface area contributed by atoms with Crippen LogP contribution in [-0.4, -0.2) is 35.1 Å². The first-order valence-electron chi connectivity index (χ1n) is 8.59. The first-order chi connectivity index (χ1) is 13.0. The maximum atomic E-state index is 12.3. The Bertz CT molecular complexity index is 977. The molecule has 8 heteroatoms. The van der Waals surface area contributed by atoms with E-state index in [1.54, 1.807) is 21.0 Å². The van der Waals surface area contributed by atoms with Gasteiger partial charge in [-0.25, -0.2) is 9.78 Å². The molecule has 0 aliphatic heterocycles. The number of carbonyl (C=O) groups is 2. The number of nitrogens with one attached hydrogen (secondary N) is 1. The summed E-state index contributed by atoms with van der Waals surface area (Å²) < 4.78 is 12.4. The number of anilines is 1. The lowest BCUT2D eigenvalue weighted by atomic mass is 10.2. The van der Waals surface area contributed by atoms with Crippen LogP contribution in [-0.2, 0) is 16.1 Å². The predicted molar refractivity (Wildman–Crippen MR) is 105 cm³/mol. The number of methoxy groups -OCH3 is 1. The van der Waals surface area contributed by atoms with Gasteiger partial charge in [0.15, 0.2) is 5.13 Å². The van der Waals surface area contributed by atoms with Gasteiger partial charge >= 0.3 is 5.97 Å². The van der Waals surface area contributed by atoms with Gasteiger partial charge in [0.1, 0.15) is 10.6 Å². The van der Waals surface area contributed by atoms with Gasteiger partial charge in [0.2, 0.25) is 5.91 Å². The molecule has 0 radical (unpaired) electrons. The smallest absolute Gasteiger partial charge is 0.350 e. The minimum Gasteiger partial charge on any atom is -0.495 e. The molecule has 1 N–H and O–H groups in total. The van der Waals surface area contributed by atoms with Gasteiger partial charge < -0.3 is 19.4 Å². The highest BCUT2D eigenvalue weighted by atomic mass is 32.1. The van der Waals surface area contributed by atoms with Crippen molar-refractivity contribution in [3.63, 3.8) is 0 Å². The largest absolute Gasteiger partial charge is 0.495 e. The predicted octanol–water partition coefficient (Wildman–Crippen LogP) is 3.62. The van der Waals surface area contributed by atoms with Gasteiger partial charge in [-0.2, -0.15) is 0 Å². The summed E-state index contributed by atoms with van der Waals surface area (Å²) in [5.74, 6) is 0.183. The van der Waals surface area contributed by atoms with E-state index in [4.69, 9.17) is 9.47 Å². The number of esters is 1. The van der Waals surface area contributed by atoms with Crippen LogP contribution in [0.3, 0.4) is 0 Å². The SMILES string of the molecule is CCOC(=O)c1sc(NC(=O)CCn2ccc3cccc(OC)c32)nc1C. The Morgan fingerprint density at radius 2 is 2.11 bits per heavy atom. The summed E-state index contributed by atoms with van der Waals surface area (Å²) in [6.07, 6.45) is 2.21. The Hall–Kier alpha value is -2.87. The van der Waals surface area contributed by atoms with Crippen LogP contribution in [0.15, 0.2) is 30.5 Å². The summed E-state index contributed by atoms with van der Waals surface area (Å²) in [6.45, 7) is 4.27. The number of aryl methyl sites for hydroxylation is 2. The number of hydrogen-bond donors (Lipinski definition) is 1. The molecule has 0 aliphatic rings. The van der Waals surface area contributed by atoms with Crippen molar-refractivity contribution >= 4 is 39.2 Å². The monoisotopic (exact) mass is 387 g/mol. The van der Waals surface area contributed by atoms with E-state index in [0.29, 0.717) is 28.9 Å². The number of amides is 1. The molecule has 27 heavy (non-hydrogen) atoms. The Morgan fingerprint density at radius 1 is 1.30 bits per heavy atom. The third-order valence-electron chi connectivity index (χ3n) is 4.05. The fraction of sp³-hybridized carbons (Fsp3) is 0.316. The molecule has 142 valence electrons. The van der Waals surface area contributed by atoms with E-state index in [0.717, 1.165) is 28.0 Å². The molecule has 0 saturated carbocycles. The van der Waals surface area contributed by atoms with Crippen LogP contribution < -0.4 is 10.1 Å². The quantitative estimate of drug-likeness (QED) is 0.626. The number of aromatic nitrogens is 2. The highest BCUT2D eigenvalue weighted by Crippen LogP contribution is 2.27. The van der Waals surface area contributed by atoms with Crippen LogP contribution in [0.25, 0.3) is 10.9 Å². The number of benzene rings is 1. The third-order valence-corrected chi connectivity index (χ3v) is 5.11. The standard InChI is InChI=1S/C19H21N3O4S/c1-4-26-18(24)17-12(2)20-19(27-17)21-15(23)9-11-22-10-8-13-6-5-7-14(25-3)16(13)22/h5-8,10H,4,9,11H2,1-3H3,(H,20,21,23). The summed E-state index contributed by atoms with van der Waals surface area (Å²) in [5, 5.41) is 4.21. The maximum absolute atomic E-state index is 12.3. The Labute approximate surface area is 160 Å². The molecule has 0 fully saturated rings. The highest BCUT2D eigenvalue weighted by Gasteiger charge is 2.17. The maximum Gasteiger partial charge on any atom is 0.350 e. The zero-order chi connectivity index (χ0) is 19.4. The van der Waals surface area contributed by atoms with E-state index in [1.165, 1.54) is 0 Å². The third kappa shape index (κ3) is 4.11. The molecular formula is C19H21N3O4S. The number of carbonyl (C=O) groups excluding carboxylic acids is 2. The van der Waals surface area contributed by atoms with Crippen LogP contribution in [0.2, 0.25) is 0 Å². The number of para-hydroxylation sites is 1. The first-order valence-corrected chi connectivity index (χ1v) is 9.41. The van der Waals surface area contributed by atoms with E-state index in [1.807, 2.05) is 35.0 Å². The Kier molecular flexibility index (Phi) is 5.75. The minimum atomic E-state index is -0.418. The van der Waals surface area contributed by atoms with Crippen molar-refractivity contribution in [3.8, 4) is 5.75 Å². The van der Waals surface area contributed by atoms with Crippen LogP contribution >= 0.6 is 11.3 Å². The normalized spacial score (nSPS) is 10.8. The molecule has 0 bridgehead atoms. The van der Waals surface area contributed by atoms with E-state index in [-0.39, 0.29) is 12.3 Å². The van der Waals surface area contributed by atoms with Crippen LogP contribution in [0.5, 0.6) is 5.75 Å². The molecule has 3 rings (SSSR count). The second kappa shape index (κ2) is 8.22. The highest BCUT2D eigenvalue weighted by molar-refractivity contribution is 7.17. The number of thiazole rings is 1. The van der Waals surface area contributed by atoms with Crippen molar-refractivity contribution in [2.45, 2.75) is 26.8 Å². The van der Waals surface area contributed by atoms with Gasteiger partial charge in [-0.1, -0.05) is 23.5 Å². The fourth-order valence-electron chi connectivity index (χ4n) is 2.82. The lowest BCUT2D eigenvalue weighted by Crippen LogP contribution is -2.14. The molecule has 0 unspecified atom stereocenters. The summed E-state index contributed by atoms with van der Waals surface area (Å²) in [5.41, 5.74) is 1.51. The molecule has 0 spiro atoms. The number of hydrogen-bond acceptors (Lipinski definition) is 6. The number of ether oxygens (including phenoxy) is 2. The molecule has 2 aromatic heterocycles. The zero-order valence-corrected chi connectivity index (χ0v) is 16.3. The van der Waals surface area contributed by atoms with Gasteiger partial charge in [-0.05, 0) is 26.0 Å². The Balaban J connectivity index is 1.66. The van der Waals surface area contributed by atoms with Gasteiger partial charge in [0, 0.05) is 24.5 Å². The number of fused-ring (bicyclic) bond motifs is 1. The summed E-state index contributed by atoms with van der Waals surface area (Å²) in [6, 6.07) is 7.83. The molecule has 2 heterocycles. The molecule has 0 atom stereocenters. The zero-order valence-electron chi connectivity index (χ0n) is 15.4. The van der Waals surface area contributed by atoms with Gasteiger partial charge in [-0.15, -0.1) is 0 Å². The van der Waals surface area contributed by atoms with Gasteiger partial charge in [-0.3, -0.25) is 4.79 Å². The van der Waals surface area contributed by atoms with E-state index >= 15 is 0 Å². The van der Waals surface area contributed by atoms with E-state index < -0.39 is 5.97 Å². The molecule has 1 amide bonds. The summed E-state index contributed by atoms with van der Waals surface area (Å²) >= 11 is 1.12. The van der Waals surface area contributed by atoms with E-state index in [2.05, 4.69) is 10.3 Å². The van der Waals surface area contributed by atoms with Crippen molar-refractivity contribution in [3.05, 3.63) is 41.0 Å². The van der Waals surface area contributed by atoms with Crippen LogP contribution in [0, 0.1) is 6.92 Å². The average Bonchev–Trinajstić information content (AvgIpc) is 3.23. The van der Waals surface area contributed by atoms with Crippen molar-refractivity contribution in [1.29, 1.82) is 0 Å². The fourth-order valence-corrected chi connectivity index (χ4v) is 3.69. The van der Waals surface area contributed by atoms with E-state index in [9.17, 15) is 9.59 Å². The minimum absolute atomic E-state index is 0.170.